The summed E-state index contributed by atoms with van der Waals surface area (Å²) in [6, 6.07) is 9.84. The van der Waals surface area contributed by atoms with Crippen LogP contribution < -0.4 is 5.56 Å². The van der Waals surface area contributed by atoms with Crippen molar-refractivity contribution in [1.82, 2.24) is 4.57 Å². The maximum atomic E-state index is 11.9. The van der Waals surface area contributed by atoms with E-state index < -0.39 is 0 Å². The van der Waals surface area contributed by atoms with Gasteiger partial charge in [0.05, 0.1) is 5.52 Å². The van der Waals surface area contributed by atoms with Crippen LogP contribution in [0.2, 0.25) is 0 Å². The fraction of sp³-hybridized carbons (Fsp3) is 0.438. The highest BCUT2D eigenvalue weighted by molar-refractivity contribution is 5.82. The van der Waals surface area contributed by atoms with Crippen LogP contribution in [0.5, 0.6) is 0 Å². The minimum Gasteiger partial charge on any atom is -0.308 e. The summed E-state index contributed by atoms with van der Waals surface area (Å²) < 4.78 is 1.88. The van der Waals surface area contributed by atoms with Crippen LogP contribution in [0.25, 0.3) is 10.9 Å². The average Bonchev–Trinajstić information content (AvgIpc) is 2.41. The number of unbranched alkanes of at least 4 members (excludes halogenated alkanes) is 1. The fourth-order valence-electron chi connectivity index (χ4n) is 2.05. The smallest absolute Gasteiger partial charge is 0.251 e. The predicted molar refractivity (Wildman–Crippen MR) is 79.2 cm³/mol. The Balaban J connectivity index is 0.000000771. The van der Waals surface area contributed by atoms with Crippen LogP contribution in [0, 0.1) is 6.92 Å². The van der Waals surface area contributed by atoms with Crippen molar-refractivity contribution in [3.8, 4) is 0 Å². The molecule has 2 heteroatoms. The highest BCUT2D eigenvalue weighted by atomic mass is 16.1. The van der Waals surface area contributed by atoms with Crippen LogP contribution in [0.4, 0.5) is 0 Å². The Hall–Kier alpha value is -1.57. The molecule has 1 aromatic heterocycles. The van der Waals surface area contributed by atoms with Gasteiger partial charge in [0.15, 0.2) is 0 Å². The maximum Gasteiger partial charge on any atom is 0.251 e. The van der Waals surface area contributed by atoms with Crippen LogP contribution in [0.1, 0.15) is 39.2 Å². The van der Waals surface area contributed by atoms with Gasteiger partial charge in [-0.05, 0) is 25.0 Å². The third-order valence-electron chi connectivity index (χ3n) is 2.96. The Kier molecular flexibility index (Phi) is 5.63. The van der Waals surface area contributed by atoms with Gasteiger partial charge in [0.1, 0.15) is 0 Å². The number of aromatic nitrogens is 1. The first kappa shape index (κ1) is 14.5. The molecule has 0 aliphatic carbocycles. The molecule has 18 heavy (non-hydrogen) atoms. The second kappa shape index (κ2) is 7.00. The largest absolute Gasteiger partial charge is 0.308 e. The molecular weight excluding hydrogens is 222 g/mol. The molecule has 0 amide bonds. The van der Waals surface area contributed by atoms with Crippen molar-refractivity contribution in [2.75, 3.05) is 0 Å². The normalized spacial score (nSPS) is 10.0. The molecule has 0 aliphatic rings. The quantitative estimate of drug-likeness (QED) is 0.796. The lowest BCUT2D eigenvalue weighted by atomic mass is 10.1. The van der Waals surface area contributed by atoms with Gasteiger partial charge in [-0.15, -0.1) is 0 Å². The predicted octanol–water partition coefficient (Wildman–Crippen LogP) is 4.14. The van der Waals surface area contributed by atoms with E-state index in [1.165, 1.54) is 5.39 Å². The summed E-state index contributed by atoms with van der Waals surface area (Å²) >= 11 is 0. The molecule has 0 saturated carbocycles. The summed E-state index contributed by atoms with van der Waals surface area (Å²) in [5.74, 6) is 0. The summed E-state index contributed by atoms with van der Waals surface area (Å²) in [6.45, 7) is 8.95. The van der Waals surface area contributed by atoms with Crippen molar-refractivity contribution in [2.45, 2.75) is 47.1 Å². The summed E-state index contributed by atoms with van der Waals surface area (Å²) in [6.07, 6.45) is 2.15. The summed E-state index contributed by atoms with van der Waals surface area (Å²) in [5, 5.41) is 1.18. The molecule has 2 nitrogen and oxygen atoms in total. The first-order chi connectivity index (χ1) is 8.74. The Labute approximate surface area is 109 Å². The second-order valence-corrected chi connectivity index (χ2v) is 4.19. The van der Waals surface area contributed by atoms with E-state index >= 15 is 0 Å². The van der Waals surface area contributed by atoms with Crippen molar-refractivity contribution < 1.29 is 0 Å². The van der Waals surface area contributed by atoms with Gasteiger partial charge in [-0.3, -0.25) is 4.79 Å². The number of rotatable bonds is 3. The highest BCUT2D eigenvalue weighted by Gasteiger charge is 2.04. The second-order valence-electron chi connectivity index (χ2n) is 4.19. The van der Waals surface area contributed by atoms with Crippen molar-refractivity contribution >= 4 is 10.9 Å². The van der Waals surface area contributed by atoms with E-state index in [2.05, 4.69) is 13.0 Å². The summed E-state index contributed by atoms with van der Waals surface area (Å²) in [7, 11) is 0. The number of nitrogens with zero attached hydrogens (tertiary/aromatic N) is 1. The lowest BCUT2D eigenvalue weighted by Gasteiger charge is -2.11. The molecule has 0 spiro atoms. The molecule has 1 aromatic carbocycles. The van der Waals surface area contributed by atoms with Crippen LogP contribution in [-0.2, 0) is 6.54 Å². The Morgan fingerprint density at radius 2 is 1.83 bits per heavy atom. The first-order valence-corrected chi connectivity index (χ1v) is 6.83. The number of benzene rings is 1. The lowest BCUT2D eigenvalue weighted by Crippen LogP contribution is -2.20. The van der Waals surface area contributed by atoms with Gasteiger partial charge >= 0.3 is 0 Å². The van der Waals surface area contributed by atoms with Gasteiger partial charge in [0.2, 0.25) is 0 Å². The first-order valence-electron chi connectivity index (χ1n) is 6.83. The van der Waals surface area contributed by atoms with Crippen LogP contribution in [0.15, 0.2) is 35.1 Å². The van der Waals surface area contributed by atoms with Crippen molar-refractivity contribution in [3.05, 3.63) is 46.2 Å². The van der Waals surface area contributed by atoms with Crippen LogP contribution in [-0.4, -0.2) is 4.57 Å². The van der Waals surface area contributed by atoms with Crippen molar-refractivity contribution in [2.24, 2.45) is 0 Å². The van der Waals surface area contributed by atoms with E-state index in [9.17, 15) is 4.79 Å². The van der Waals surface area contributed by atoms with Gasteiger partial charge < -0.3 is 4.57 Å². The average molecular weight is 245 g/mol. The van der Waals surface area contributed by atoms with Gasteiger partial charge in [0, 0.05) is 18.0 Å². The number of pyridine rings is 1. The van der Waals surface area contributed by atoms with Gasteiger partial charge in [-0.25, -0.2) is 0 Å². The zero-order chi connectivity index (χ0) is 13.5. The van der Waals surface area contributed by atoms with E-state index in [1.807, 2.05) is 43.5 Å². The molecule has 0 N–H and O–H groups in total. The Morgan fingerprint density at radius 1 is 1.17 bits per heavy atom. The minimum atomic E-state index is 0.115. The molecule has 0 bridgehead atoms. The molecule has 0 atom stereocenters. The van der Waals surface area contributed by atoms with E-state index in [4.69, 9.17) is 0 Å². The van der Waals surface area contributed by atoms with E-state index in [0.717, 1.165) is 30.5 Å². The highest BCUT2D eigenvalue weighted by Crippen LogP contribution is 2.16. The van der Waals surface area contributed by atoms with Crippen LogP contribution in [0.3, 0.4) is 0 Å². The molecule has 0 unspecified atom stereocenters. The van der Waals surface area contributed by atoms with Crippen molar-refractivity contribution in [3.63, 3.8) is 0 Å². The molecule has 2 rings (SSSR count). The molecule has 98 valence electrons. The van der Waals surface area contributed by atoms with E-state index in [-0.39, 0.29) is 5.56 Å². The summed E-state index contributed by atoms with van der Waals surface area (Å²) in [5.41, 5.74) is 2.24. The number of hydrogen-bond donors (Lipinski definition) is 0. The Bertz CT molecular complexity index is 555. The molecule has 0 radical (unpaired) electrons. The molecule has 0 fully saturated rings. The zero-order valence-corrected chi connectivity index (χ0v) is 11.9. The lowest BCUT2D eigenvalue weighted by molar-refractivity contribution is 0.631. The topological polar surface area (TPSA) is 22.0 Å². The molecule has 0 aliphatic heterocycles. The third kappa shape index (κ3) is 3.00. The number of fused-ring (bicyclic) bond motifs is 1. The SMILES string of the molecule is CC.CCCCn1c(=O)cc(C)c2ccccc21. The molecule has 1 heterocycles. The van der Waals surface area contributed by atoms with Gasteiger partial charge in [-0.2, -0.15) is 0 Å². The number of para-hydroxylation sites is 1. The van der Waals surface area contributed by atoms with Gasteiger partial charge in [0.25, 0.3) is 5.56 Å². The third-order valence-corrected chi connectivity index (χ3v) is 2.96. The minimum absolute atomic E-state index is 0.115. The molecular formula is C16H23NO. The molecule has 2 aromatic rings. The number of aryl methyl sites for hydroxylation is 2. The zero-order valence-electron chi connectivity index (χ0n) is 11.9. The monoisotopic (exact) mass is 245 g/mol. The maximum absolute atomic E-state index is 11.9. The van der Waals surface area contributed by atoms with E-state index in [1.54, 1.807) is 6.07 Å². The standard InChI is InChI=1S/C14H17NO.C2H6/c1-3-4-9-15-13-8-6-5-7-12(13)11(2)10-14(15)16;1-2/h5-8,10H,3-4,9H2,1-2H3;1-2H3. The summed E-state index contributed by atoms with van der Waals surface area (Å²) in [4.78, 5) is 11.9. The molecule has 0 saturated heterocycles. The van der Waals surface area contributed by atoms with Gasteiger partial charge in [-0.1, -0.05) is 45.4 Å². The van der Waals surface area contributed by atoms with Crippen molar-refractivity contribution in [1.29, 1.82) is 0 Å². The Morgan fingerprint density at radius 3 is 2.50 bits per heavy atom. The fourth-order valence-corrected chi connectivity index (χ4v) is 2.05. The number of hydrogen-bond acceptors (Lipinski definition) is 1. The van der Waals surface area contributed by atoms with E-state index in [0.29, 0.717) is 0 Å². The van der Waals surface area contributed by atoms with Crippen LogP contribution >= 0.6 is 0 Å².